The van der Waals surface area contributed by atoms with Crippen LogP contribution in [0.25, 0.3) is 11.3 Å². The molecule has 9 heteroatoms. The van der Waals surface area contributed by atoms with Crippen LogP contribution in [0.5, 0.6) is 0 Å². The zero-order valence-corrected chi connectivity index (χ0v) is 16.1. The molecule has 0 amide bonds. The second kappa shape index (κ2) is 7.89. The molecule has 4 rings (SSSR count). The van der Waals surface area contributed by atoms with Gasteiger partial charge in [-0.05, 0) is 44.9 Å². The molecular weight excluding hydrogens is 356 g/mol. The van der Waals surface area contributed by atoms with Crippen LogP contribution in [0.2, 0.25) is 0 Å². The first-order chi connectivity index (χ1) is 13.6. The highest BCUT2D eigenvalue weighted by molar-refractivity contribution is 5.62. The van der Waals surface area contributed by atoms with Gasteiger partial charge >= 0.3 is 5.69 Å². The number of aromatic nitrogens is 6. The Balaban J connectivity index is 1.38. The molecule has 0 bridgehead atoms. The van der Waals surface area contributed by atoms with Crippen molar-refractivity contribution in [3.8, 4) is 11.3 Å². The van der Waals surface area contributed by atoms with E-state index in [2.05, 4.69) is 41.4 Å². The Hall–Kier alpha value is -3.07. The summed E-state index contributed by atoms with van der Waals surface area (Å²) in [6, 6.07) is 6.39. The van der Waals surface area contributed by atoms with Crippen molar-refractivity contribution in [2.75, 3.05) is 18.0 Å². The summed E-state index contributed by atoms with van der Waals surface area (Å²) >= 11 is 0. The first-order valence-corrected chi connectivity index (χ1v) is 9.48. The lowest BCUT2D eigenvalue weighted by Crippen LogP contribution is -2.43. The Morgan fingerprint density at radius 2 is 2.00 bits per heavy atom. The van der Waals surface area contributed by atoms with Crippen LogP contribution >= 0.6 is 0 Å². The summed E-state index contributed by atoms with van der Waals surface area (Å²) in [5.74, 6) is 1.39. The van der Waals surface area contributed by atoms with E-state index >= 15 is 0 Å². The molecule has 1 saturated heterocycles. The number of aromatic amines is 2. The molecule has 28 heavy (non-hydrogen) atoms. The van der Waals surface area contributed by atoms with Gasteiger partial charge in [-0.2, -0.15) is 5.10 Å². The number of aryl methyl sites for hydroxylation is 2. The van der Waals surface area contributed by atoms with Gasteiger partial charge in [0.15, 0.2) is 0 Å². The molecule has 0 aromatic carbocycles. The highest BCUT2D eigenvalue weighted by atomic mass is 16.1. The quantitative estimate of drug-likeness (QED) is 0.611. The van der Waals surface area contributed by atoms with E-state index in [0.29, 0.717) is 18.4 Å². The third-order valence-electron chi connectivity index (χ3n) is 5.03. The van der Waals surface area contributed by atoms with Crippen molar-refractivity contribution in [1.82, 2.24) is 35.5 Å². The second-order valence-electron chi connectivity index (χ2n) is 7.09. The fourth-order valence-electron chi connectivity index (χ4n) is 3.52. The van der Waals surface area contributed by atoms with Gasteiger partial charge in [0.1, 0.15) is 5.82 Å². The Bertz CT molecular complexity index is 1000. The third kappa shape index (κ3) is 4.09. The number of nitrogens with one attached hydrogen (secondary N) is 3. The van der Waals surface area contributed by atoms with E-state index in [1.54, 1.807) is 0 Å². The van der Waals surface area contributed by atoms with E-state index in [4.69, 9.17) is 4.98 Å². The summed E-state index contributed by atoms with van der Waals surface area (Å²) in [4.78, 5) is 29.8. The van der Waals surface area contributed by atoms with E-state index in [0.717, 1.165) is 54.5 Å². The molecule has 0 unspecified atom stereocenters. The summed E-state index contributed by atoms with van der Waals surface area (Å²) < 4.78 is 0. The van der Waals surface area contributed by atoms with Gasteiger partial charge in [-0.3, -0.25) is 9.97 Å². The van der Waals surface area contributed by atoms with Gasteiger partial charge in [0.05, 0.1) is 12.2 Å². The average Bonchev–Trinajstić information content (AvgIpc) is 3.12. The lowest BCUT2D eigenvalue weighted by Gasteiger charge is -2.32. The highest BCUT2D eigenvalue weighted by Gasteiger charge is 2.21. The van der Waals surface area contributed by atoms with Gasteiger partial charge in [-0.15, -0.1) is 0 Å². The van der Waals surface area contributed by atoms with E-state index in [1.807, 2.05) is 32.2 Å². The van der Waals surface area contributed by atoms with Crippen LogP contribution in [-0.2, 0) is 6.54 Å². The number of hydrogen-bond acceptors (Lipinski definition) is 7. The summed E-state index contributed by atoms with van der Waals surface area (Å²) in [6.45, 7) is 6.31. The van der Waals surface area contributed by atoms with Crippen LogP contribution in [0, 0.1) is 13.8 Å². The van der Waals surface area contributed by atoms with E-state index < -0.39 is 0 Å². The minimum absolute atomic E-state index is 0.275. The molecule has 0 atom stereocenters. The summed E-state index contributed by atoms with van der Waals surface area (Å²) in [5, 5.41) is 9.75. The normalized spacial score (nSPS) is 15.1. The number of anilines is 1. The molecule has 0 radical (unpaired) electrons. The zero-order valence-electron chi connectivity index (χ0n) is 16.1. The van der Waals surface area contributed by atoms with Crippen LogP contribution in [0.15, 0.2) is 29.2 Å². The Morgan fingerprint density at radius 3 is 2.71 bits per heavy atom. The molecule has 3 N–H and O–H groups in total. The molecule has 3 aromatic heterocycles. The van der Waals surface area contributed by atoms with Gasteiger partial charge in [0.2, 0.25) is 5.95 Å². The molecule has 146 valence electrons. The standard InChI is InChI=1S/C19H24N8O/c1-12-3-4-15(13(2)22-12)16-5-8-20-18(23-16)27-9-6-14(7-10-27)21-11-17-24-19(28)26-25-17/h3-5,8,14,21H,6-7,9-11H2,1-2H3,(H2,24,25,26,28). The van der Waals surface area contributed by atoms with Gasteiger partial charge in [0, 0.05) is 42.3 Å². The predicted octanol–water partition coefficient (Wildman–Crippen LogP) is 1.33. The number of rotatable bonds is 5. The maximum absolute atomic E-state index is 11.1. The number of nitrogens with zero attached hydrogens (tertiary/aromatic N) is 5. The molecule has 1 aliphatic heterocycles. The highest BCUT2D eigenvalue weighted by Crippen LogP contribution is 2.23. The fraction of sp³-hybridized carbons (Fsp3) is 0.421. The molecule has 0 aliphatic carbocycles. The van der Waals surface area contributed by atoms with Gasteiger partial charge in [-0.1, -0.05) is 0 Å². The smallest absolute Gasteiger partial charge is 0.340 e. The average molecular weight is 380 g/mol. The first-order valence-electron chi connectivity index (χ1n) is 9.48. The predicted molar refractivity (Wildman–Crippen MR) is 106 cm³/mol. The summed E-state index contributed by atoms with van der Waals surface area (Å²) in [7, 11) is 0. The van der Waals surface area contributed by atoms with Crippen LogP contribution in [-0.4, -0.2) is 49.3 Å². The zero-order chi connectivity index (χ0) is 19.5. The molecule has 1 aliphatic rings. The van der Waals surface area contributed by atoms with Crippen LogP contribution in [0.3, 0.4) is 0 Å². The Labute approximate surface area is 162 Å². The lowest BCUT2D eigenvalue weighted by molar-refractivity contribution is 0.407. The van der Waals surface area contributed by atoms with Gasteiger partial charge < -0.3 is 10.2 Å². The van der Waals surface area contributed by atoms with Crippen molar-refractivity contribution in [2.45, 2.75) is 39.3 Å². The SMILES string of the molecule is Cc1ccc(-c2ccnc(N3CCC(NCc4n[nH]c(=O)[nH]4)CC3)n2)c(C)n1. The molecular formula is C19H24N8O. The molecule has 1 fully saturated rings. The monoisotopic (exact) mass is 380 g/mol. The third-order valence-corrected chi connectivity index (χ3v) is 5.03. The van der Waals surface area contributed by atoms with E-state index in [1.165, 1.54) is 0 Å². The van der Waals surface area contributed by atoms with Crippen molar-refractivity contribution in [2.24, 2.45) is 0 Å². The number of piperidine rings is 1. The maximum Gasteiger partial charge on any atom is 0.340 e. The number of H-pyrrole nitrogens is 2. The first kappa shape index (κ1) is 18.3. The Morgan fingerprint density at radius 1 is 1.18 bits per heavy atom. The molecule has 3 aromatic rings. The maximum atomic E-state index is 11.1. The second-order valence-corrected chi connectivity index (χ2v) is 7.09. The number of pyridine rings is 1. The van der Waals surface area contributed by atoms with Gasteiger partial charge in [-0.25, -0.2) is 19.9 Å². The molecule has 9 nitrogen and oxygen atoms in total. The van der Waals surface area contributed by atoms with Gasteiger partial charge in [0.25, 0.3) is 0 Å². The fourth-order valence-corrected chi connectivity index (χ4v) is 3.52. The topological polar surface area (TPSA) is 115 Å². The van der Waals surface area contributed by atoms with E-state index in [-0.39, 0.29) is 5.69 Å². The summed E-state index contributed by atoms with van der Waals surface area (Å²) in [5.41, 5.74) is 3.65. The van der Waals surface area contributed by atoms with Crippen molar-refractivity contribution in [3.05, 3.63) is 52.1 Å². The van der Waals surface area contributed by atoms with Crippen molar-refractivity contribution in [1.29, 1.82) is 0 Å². The Kier molecular flexibility index (Phi) is 5.16. The molecule has 0 spiro atoms. The van der Waals surface area contributed by atoms with Crippen molar-refractivity contribution in [3.63, 3.8) is 0 Å². The van der Waals surface area contributed by atoms with Crippen LogP contribution in [0.1, 0.15) is 30.1 Å². The number of hydrogen-bond donors (Lipinski definition) is 3. The molecule has 0 saturated carbocycles. The minimum atomic E-state index is -0.275. The largest absolute Gasteiger partial charge is 0.341 e. The summed E-state index contributed by atoms with van der Waals surface area (Å²) in [6.07, 6.45) is 3.77. The van der Waals surface area contributed by atoms with E-state index in [9.17, 15) is 4.79 Å². The van der Waals surface area contributed by atoms with Crippen LogP contribution < -0.4 is 15.9 Å². The lowest BCUT2D eigenvalue weighted by atomic mass is 10.1. The minimum Gasteiger partial charge on any atom is -0.341 e. The van der Waals surface area contributed by atoms with Crippen molar-refractivity contribution >= 4 is 5.95 Å². The van der Waals surface area contributed by atoms with Crippen LogP contribution in [0.4, 0.5) is 5.95 Å². The molecule has 4 heterocycles. The van der Waals surface area contributed by atoms with Crippen molar-refractivity contribution < 1.29 is 0 Å².